The van der Waals surface area contributed by atoms with Crippen molar-refractivity contribution in [3.63, 3.8) is 0 Å². The van der Waals surface area contributed by atoms with E-state index in [0.29, 0.717) is 59.2 Å². The quantitative estimate of drug-likeness (QED) is 0.677. The molecule has 0 aromatic carbocycles. The van der Waals surface area contributed by atoms with Crippen molar-refractivity contribution in [1.29, 1.82) is 0 Å². The van der Waals surface area contributed by atoms with E-state index in [1.54, 1.807) is 0 Å². The van der Waals surface area contributed by atoms with Gasteiger partial charge in [-0.3, -0.25) is 4.79 Å². The fourth-order valence-corrected chi connectivity index (χ4v) is 1.92. The van der Waals surface area contributed by atoms with E-state index in [1.807, 2.05) is 4.90 Å². The van der Waals surface area contributed by atoms with Gasteiger partial charge in [-0.15, -0.1) is 0 Å². The number of nitrogens with one attached hydrogen (secondary N) is 1. The Labute approximate surface area is 101 Å². The van der Waals surface area contributed by atoms with Gasteiger partial charge >= 0.3 is 0 Å². The van der Waals surface area contributed by atoms with Gasteiger partial charge in [0.05, 0.1) is 45.7 Å². The van der Waals surface area contributed by atoms with E-state index in [4.69, 9.17) is 14.2 Å². The smallest absolute Gasteiger partial charge is 0.236 e. The lowest BCUT2D eigenvalue weighted by Gasteiger charge is -2.27. The number of carbonyl (C=O) groups excluding carboxylic acids is 1. The molecule has 0 spiro atoms. The van der Waals surface area contributed by atoms with Gasteiger partial charge in [0.15, 0.2) is 0 Å². The molecule has 2 aliphatic rings. The number of hydrogen-bond acceptors (Lipinski definition) is 5. The summed E-state index contributed by atoms with van der Waals surface area (Å²) in [6, 6.07) is 0. The Bertz CT molecular complexity index is 238. The molecule has 2 aliphatic heterocycles. The molecule has 2 heterocycles. The molecule has 2 rings (SSSR count). The zero-order valence-corrected chi connectivity index (χ0v) is 10.0. The van der Waals surface area contributed by atoms with Crippen LogP contribution < -0.4 is 5.32 Å². The number of nitrogens with zero attached hydrogens (tertiary/aromatic N) is 1. The van der Waals surface area contributed by atoms with E-state index in [2.05, 4.69) is 5.32 Å². The zero-order chi connectivity index (χ0) is 11.9. The van der Waals surface area contributed by atoms with E-state index in [9.17, 15) is 4.79 Å². The topological polar surface area (TPSA) is 60.0 Å². The van der Waals surface area contributed by atoms with E-state index in [0.717, 1.165) is 0 Å². The largest absolute Gasteiger partial charge is 0.378 e. The minimum atomic E-state index is 0.0706. The summed E-state index contributed by atoms with van der Waals surface area (Å²) in [4.78, 5) is 13.6. The lowest BCUT2D eigenvalue weighted by Crippen LogP contribution is -2.46. The van der Waals surface area contributed by atoms with E-state index in [-0.39, 0.29) is 12.0 Å². The molecule has 1 N–H and O–H groups in total. The van der Waals surface area contributed by atoms with Crippen LogP contribution in [0.15, 0.2) is 0 Å². The average molecular weight is 244 g/mol. The maximum atomic E-state index is 11.8. The molecule has 0 bridgehead atoms. The fraction of sp³-hybridized carbons (Fsp3) is 0.909. The summed E-state index contributed by atoms with van der Waals surface area (Å²) < 4.78 is 16.0. The highest BCUT2D eigenvalue weighted by molar-refractivity contribution is 5.78. The molecule has 0 aliphatic carbocycles. The highest BCUT2D eigenvalue weighted by atomic mass is 16.6. The van der Waals surface area contributed by atoms with Crippen molar-refractivity contribution in [2.75, 3.05) is 59.2 Å². The summed E-state index contributed by atoms with van der Waals surface area (Å²) in [5.74, 6) is 0.130. The molecule has 0 radical (unpaired) electrons. The fourth-order valence-electron chi connectivity index (χ4n) is 1.92. The average Bonchev–Trinajstić information content (AvgIpc) is 2.41. The minimum absolute atomic E-state index is 0.0706. The summed E-state index contributed by atoms with van der Waals surface area (Å²) in [6.45, 7) is 5.63. The van der Waals surface area contributed by atoms with Gasteiger partial charge in [-0.1, -0.05) is 0 Å². The van der Waals surface area contributed by atoms with Crippen LogP contribution in [0.2, 0.25) is 0 Å². The highest BCUT2D eigenvalue weighted by Crippen LogP contribution is 1.99. The second-order valence-electron chi connectivity index (χ2n) is 4.19. The van der Waals surface area contributed by atoms with Crippen LogP contribution in [0.3, 0.4) is 0 Å². The number of ether oxygens (including phenoxy) is 3. The van der Waals surface area contributed by atoms with Gasteiger partial charge in [0.2, 0.25) is 5.91 Å². The maximum absolute atomic E-state index is 11.8. The van der Waals surface area contributed by atoms with Crippen LogP contribution >= 0.6 is 0 Å². The molecule has 1 unspecified atom stereocenters. The molecule has 1 amide bonds. The molecule has 0 aromatic heterocycles. The second-order valence-corrected chi connectivity index (χ2v) is 4.19. The molecule has 2 saturated heterocycles. The van der Waals surface area contributed by atoms with Gasteiger partial charge in [0, 0.05) is 19.6 Å². The Kier molecular flexibility index (Phi) is 5.18. The van der Waals surface area contributed by atoms with Crippen molar-refractivity contribution in [1.82, 2.24) is 10.2 Å². The van der Waals surface area contributed by atoms with Crippen LogP contribution in [-0.2, 0) is 19.0 Å². The zero-order valence-electron chi connectivity index (χ0n) is 10.0. The van der Waals surface area contributed by atoms with Crippen molar-refractivity contribution in [2.24, 2.45) is 0 Å². The van der Waals surface area contributed by atoms with Crippen LogP contribution in [0.25, 0.3) is 0 Å². The Morgan fingerprint density at radius 1 is 1.18 bits per heavy atom. The van der Waals surface area contributed by atoms with Gasteiger partial charge < -0.3 is 24.4 Å². The molecule has 6 nitrogen and oxygen atoms in total. The van der Waals surface area contributed by atoms with E-state index < -0.39 is 0 Å². The van der Waals surface area contributed by atoms with Crippen molar-refractivity contribution in [3.05, 3.63) is 0 Å². The maximum Gasteiger partial charge on any atom is 0.236 e. The van der Waals surface area contributed by atoms with Gasteiger partial charge in [-0.05, 0) is 0 Å². The number of rotatable bonds is 4. The summed E-state index contributed by atoms with van der Waals surface area (Å²) >= 11 is 0. The Hall–Kier alpha value is -0.690. The first-order chi connectivity index (χ1) is 8.36. The summed E-state index contributed by atoms with van der Waals surface area (Å²) in [6.07, 6.45) is 0.0706. The van der Waals surface area contributed by atoms with E-state index in [1.165, 1.54) is 0 Å². The van der Waals surface area contributed by atoms with Crippen LogP contribution in [0, 0.1) is 0 Å². The SMILES string of the molecule is O=C(CNCC1COCCO1)N1CCOCC1. The third kappa shape index (κ3) is 4.23. The highest BCUT2D eigenvalue weighted by Gasteiger charge is 2.18. The lowest BCUT2D eigenvalue weighted by atomic mass is 10.3. The molecular formula is C11H20N2O4. The molecule has 0 saturated carbocycles. The lowest BCUT2D eigenvalue weighted by molar-refractivity contribution is -0.134. The number of carbonyl (C=O) groups is 1. The van der Waals surface area contributed by atoms with Crippen LogP contribution in [0.4, 0.5) is 0 Å². The van der Waals surface area contributed by atoms with Crippen LogP contribution in [0.1, 0.15) is 0 Å². The van der Waals surface area contributed by atoms with Crippen molar-refractivity contribution >= 4 is 5.91 Å². The first-order valence-corrected chi connectivity index (χ1v) is 6.12. The predicted molar refractivity (Wildman–Crippen MR) is 60.8 cm³/mol. The Morgan fingerprint density at radius 3 is 2.71 bits per heavy atom. The van der Waals surface area contributed by atoms with Gasteiger partial charge in [-0.25, -0.2) is 0 Å². The minimum Gasteiger partial charge on any atom is -0.378 e. The second kappa shape index (κ2) is 6.90. The normalized spacial score (nSPS) is 25.9. The molecular weight excluding hydrogens is 224 g/mol. The third-order valence-corrected chi connectivity index (χ3v) is 2.90. The number of morpholine rings is 1. The van der Waals surface area contributed by atoms with Crippen LogP contribution in [0.5, 0.6) is 0 Å². The molecule has 2 fully saturated rings. The van der Waals surface area contributed by atoms with Crippen molar-refractivity contribution in [2.45, 2.75) is 6.10 Å². The molecule has 1 atom stereocenters. The molecule has 98 valence electrons. The van der Waals surface area contributed by atoms with Gasteiger partial charge in [0.1, 0.15) is 0 Å². The molecule has 17 heavy (non-hydrogen) atoms. The van der Waals surface area contributed by atoms with Gasteiger partial charge in [-0.2, -0.15) is 0 Å². The third-order valence-electron chi connectivity index (χ3n) is 2.90. The van der Waals surface area contributed by atoms with Crippen molar-refractivity contribution < 1.29 is 19.0 Å². The monoisotopic (exact) mass is 244 g/mol. The molecule has 6 heteroatoms. The Morgan fingerprint density at radius 2 is 2.00 bits per heavy atom. The standard InChI is InChI=1S/C11H20N2O4/c14-11(13-1-3-15-4-2-13)8-12-7-10-9-16-5-6-17-10/h10,12H,1-9H2. The number of hydrogen-bond donors (Lipinski definition) is 1. The summed E-state index contributed by atoms with van der Waals surface area (Å²) in [5, 5.41) is 3.12. The first kappa shape index (κ1) is 12.8. The van der Waals surface area contributed by atoms with Crippen molar-refractivity contribution in [3.8, 4) is 0 Å². The van der Waals surface area contributed by atoms with E-state index >= 15 is 0 Å². The predicted octanol–water partition coefficient (Wildman–Crippen LogP) is -1.15. The first-order valence-electron chi connectivity index (χ1n) is 6.12. The number of amides is 1. The van der Waals surface area contributed by atoms with Crippen LogP contribution in [-0.4, -0.2) is 76.1 Å². The Balaban J connectivity index is 1.58. The summed E-state index contributed by atoms with van der Waals surface area (Å²) in [7, 11) is 0. The summed E-state index contributed by atoms with van der Waals surface area (Å²) in [5.41, 5.74) is 0. The molecule has 0 aromatic rings. The van der Waals surface area contributed by atoms with Gasteiger partial charge in [0.25, 0.3) is 0 Å².